The van der Waals surface area contributed by atoms with Gasteiger partial charge in [0.25, 0.3) is 0 Å². The molecular formula is C20H26O4. The average Bonchev–Trinajstić information content (AvgIpc) is 2.55. The van der Waals surface area contributed by atoms with Crippen LogP contribution in [0.3, 0.4) is 0 Å². The lowest BCUT2D eigenvalue weighted by atomic mass is 10.1. The Morgan fingerprint density at radius 1 is 0.708 bits per heavy atom. The molecule has 2 atom stereocenters. The molecule has 4 nitrogen and oxygen atoms in total. The minimum atomic E-state index is -1.02. The van der Waals surface area contributed by atoms with E-state index in [1.807, 2.05) is 64.1 Å². The summed E-state index contributed by atoms with van der Waals surface area (Å²) in [6, 6.07) is 11.8. The van der Waals surface area contributed by atoms with Crippen molar-refractivity contribution in [2.75, 3.05) is 13.2 Å². The first kappa shape index (κ1) is 18.3. The zero-order chi connectivity index (χ0) is 17.7. The fourth-order valence-corrected chi connectivity index (χ4v) is 2.30. The van der Waals surface area contributed by atoms with Crippen molar-refractivity contribution in [3.8, 4) is 11.5 Å². The van der Waals surface area contributed by atoms with Crippen molar-refractivity contribution in [1.82, 2.24) is 0 Å². The third-order valence-electron chi connectivity index (χ3n) is 3.95. The molecule has 0 fully saturated rings. The summed E-state index contributed by atoms with van der Waals surface area (Å²) in [5.74, 6) is 1.44. The topological polar surface area (TPSA) is 58.9 Å². The smallest absolute Gasteiger partial charge is 0.122 e. The van der Waals surface area contributed by atoms with Gasteiger partial charge in [-0.2, -0.15) is 0 Å². The number of rotatable bonds is 7. The number of aliphatic hydroxyl groups is 2. The number of benzene rings is 2. The highest BCUT2D eigenvalue weighted by Gasteiger charge is 2.19. The monoisotopic (exact) mass is 330 g/mol. The second-order valence-electron chi connectivity index (χ2n) is 6.29. The Labute approximate surface area is 143 Å². The van der Waals surface area contributed by atoms with E-state index in [4.69, 9.17) is 9.47 Å². The van der Waals surface area contributed by atoms with E-state index in [9.17, 15) is 10.2 Å². The van der Waals surface area contributed by atoms with Gasteiger partial charge in [0, 0.05) is 0 Å². The molecule has 0 unspecified atom stereocenters. The minimum Gasteiger partial charge on any atom is -0.491 e. The largest absolute Gasteiger partial charge is 0.491 e. The van der Waals surface area contributed by atoms with Gasteiger partial charge in [0.05, 0.1) is 0 Å². The van der Waals surface area contributed by atoms with Gasteiger partial charge in [-0.1, -0.05) is 24.3 Å². The Morgan fingerprint density at radius 3 is 1.46 bits per heavy atom. The Morgan fingerprint density at radius 2 is 1.08 bits per heavy atom. The first-order valence-electron chi connectivity index (χ1n) is 8.13. The van der Waals surface area contributed by atoms with Crippen LogP contribution in [0.5, 0.6) is 11.5 Å². The van der Waals surface area contributed by atoms with Crippen LogP contribution < -0.4 is 9.47 Å². The van der Waals surface area contributed by atoms with Crippen molar-refractivity contribution in [3.63, 3.8) is 0 Å². The Bertz CT molecular complexity index is 622. The normalized spacial score (nSPS) is 13.4. The SMILES string of the molecule is Cc1ccc(C)c(OC[C@H](O)[C@@H](O)COc2cc(C)ccc2C)c1. The predicted octanol–water partition coefficient (Wildman–Crippen LogP) is 3.10. The maximum Gasteiger partial charge on any atom is 0.122 e. The first-order valence-corrected chi connectivity index (χ1v) is 8.13. The highest BCUT2D eigenvalue weighted by molar-refractivity contribution is 5.36. The second-order valence-corrected chi connectivity index (χ2v) is 6.29. The van der Waals surface area contributed by atoms with Gasteiger partial charge in [-0.3, -0.25) is 0 Å². The summed E-state index contributed by atoms with van der Waals surface area (Å²) in [4.78, 5) is 0. The summed E-state index contributed by atoms with van der Waals surface area (Å²) in [6.45, 7) is 7.89. The van der Waals surface area contributed by atoms with Crippen molar-refractivity contribution in [1.29, 1.82) is 0 Å². The molecule has 0 bridgehead atoms. The molecule has 0 aliphatic rings. The van der Waals surface area contributed by atoms with Crippen LogP contribution in [0.1, 0.15) is 22.3 Å². The molecule has 0 radical (unpaired) electrons. The van der Waals surface area contributed by atoms with Crippen molar-refractivity contribution < 1.29 is 19.7 Å². The maximum atomic E-state index is 10.1. The molecule has 0 saturated carbocycles. The lowest BCUT2D eigenvalue weighted by Gasteiger charge is -2.20. The molecule has 0 saturated heterocycles. The molecule has 2 aromatic carbocycles. The van der Waals surface area contributed by atoms with Crippen LogP contribution >= 0.6 is 0 Å². The van der Waals surface area contributed by atoms with Crippen molar-refractivity contribution in [2.45, 2.75) is 39.9 Å². The van der Waals surface area contributed by atoms with Crippen LogP contribution in [0.15, 0.2) is 36.4 Å². The first-order chi connectivity index (χ1) is 11.4. The summed E-state index contributed by atoms with van der Waals surface area (Å²) in [6.07, 6.45) is -2.04. The van der Waals surface area contributed by atoms with Gasteiger partial charge in [0.15, 0.2) is 0 Å². The zero-order valence-corrected chi connectivity index (χ0v) is 14.7. The standard InChI is InChI=1S/C20H26O4/c1-13-5-7-15(3)19(9-13)23-11-17(21)18(22)12-24-20-10-14(2)6-8-16(20)4/h5-10,17-18,21-22H,11-12H2,1-4H3/t17-,18-/m0/s1. The van der Waals surface area contributed by atoms with E-state index in [1.165, 1.54) is 0 Å². The fraction of sp³-hybridized carbons (Fsp3) is 0.400. The predicted molar refractivity (Wildman–Crippen MR) is 94.8 cm³/mol. The Balaban J connectivity index is 1.86. The molecule has 130 valence electrons. The van der Waals surface area contributed by atoms with Gasteiger partial charge in [-0.25, -0.2) is 0 Å². The van der Waals surface area contributed by atoms with Gasteiger partial charge in [-0.05, 0) is 62.1 Å². The molecule has 0 spiro atoms. The quantitative estimate of drug-likeness (QED) is 0.819. The molecule has 2 rings (SSSR count). The molecule has 0 amide bonds. The fourth-order valence-electron chi connectivity index (χ4n) is 2.30. The third kappa shape index (κ3) is 4.98. The summed E-state index contributed by atoms with van der Waals surface area (Å²) in [7, 11) is 0. The number of hydrogen-bond donors (Lipinski definition) is 2. The van der Waals surface area contributed by atoms with Crippen LogP contribution in [0.25, 0.3) is 0 Å². The summed E-state index contributed by atoms with van der Waals surface area (Å²) in [5.41, 5.74) is 4.16. The van der Waals surface area contributed by atoms with E-state index in [1.54, 1.807) is 0 Å². The average molecular weight is 330 g/mol. The van der Waals surface area contributed by atoms with Crippen LogP contribution in [-0.4, -0.2) is 35.6 Å². The zero-order valence-electron chi connectivity index (χ0n) is 14.7. The highest BCUT2D eigenvalue weighted by Crippen LogP contribution is 2.21. The third-order valence-corrected chi connectivity index (χ3v) is 3.95. The minimum absolute atomic E-state index is 0.0155. The van der Waals surface area contributed by atoms with Crippen LogP contribution in [-0.2, 0) is 0 Å². The lowest BCUT2D eigenvalue weighted by molar-refractivity contribution is -0.0290. The van der Waals surface area contributed by atoms with Crippen molar-refractivity contribution in [2.24, 2.45) is 0 Å². The number of aliphatic hydroxyl groups excluding tert-OH is 2. The van der Waals surface area contributed by atoms with E-state index in [0.29, 0.717) is 0 Å². The molecule has 0 aromatic heterocycles. The van der Waals surface area contributed by atoms with E-state index in [2.05, 4.69) is 0 Å². The van der Waals surface area contributed by atoms with Gasteiger partial charge in [0.1, 0.15) is 36.9 Å². The Hall–Kier alpha value is -2.04. The molecule has 2 N–H and O–H groups in total. The van der Waals surface area contributed by atoms with Gasteiger partial charge >= 0.3 is 0 Å². The highest BCUT2D eigenvalue weighted by atomic mass is 16.5. The van der Waals surface area contributed by atoms with Crippen molar-refractivity contribution >= 4 is 0 Å². The van der Waals surface area contributed by atoms with E-state index >= 15 is 0 Å². The lowest BCUT2D eigenvalue weighted by Crippen LogP contribution is -2.36. The molecular weight excluding hydrogens is 304 g/mol. The molecule has 0 aliphatic carbocycles. The Kier molecular flexibility index (Phi) is 6.23. The molecule has 0 heterocycles. The van der Waals surface area contributed by atoms with E-state index < -0.39 is 12.2 Å². The van der Waals surface area contributed by atoms with Crippen LogP contribution in [0.2, 0.25) is 0 Å². The second kappa shape index (κ2) is 8.18. The number of aryl methyl sites for hydroxylation is 4. The van der Waals surface area contributed by atoms with Crippen LogP contribution in [0, 0.1) is 27.7 Å². The number of hydrogen-bond acceptors (Lipinski definition) is 4. The van der Waals surface area contributed by atoms with Gasteiger partial charge < -0.3 is 19.7 Å². The summed E-state index contributed by atoms with van der Waals surface area (Å²) >= 11 is 0. The van der Waals surface area contributed by atoms with Crippen molar-refractivity contribution in [3.05, 3.63) is 58.7 Å². The molecule has 24 heavy (non-hydrogen) atoms. The van der Waals surface area contributed by atoms with Crippen LogP contribution in [0.4, 0.5) is 0 Å². The van der Waals surface area contributed by atoms with E-state index in [0.717, 1.165) is 33.8 Å². The molecule has 4 heteroatoms. The summed E-state index contributed by atoms with van der Waals surface area (Å²) < 4.78 is 11.3. The molecule has 2 aromatic rings. The van der Waals surface area contributed by atoms with E-state index in [-0.39, 0.29) is 13.2 Å². The molecule has 0 aliphatic heterocycles. The van der Waals surface area contributed by atoms with Gasteiger partial charge in [0.2, 0.25) is 0 Å². The maximum absolute atomic E-state index is 10.1. The number of ether oxygens (including phenoxy) is 2. The summed E-state index contributed by atoms with van der Waals surface area (Å²) in [5, 5.41) is 20.2. The van der Waals surface area contributed by atoms with Gasteiger partial charge in [-0.15, -0.1) is 0 Å².